The summed E-state index contributed by atoms with van der Waals surface area (Å²) in [5.41, 5.74) is 0.607. The zero-order valence-corrected chi connectivity index (χ0v) is 15.6. The van der Waals surface area contributed by atoms with Gasteiger partial charge in [-0.05, 0) is 24.3 Å². The Balaban J connectivity index is 2.59. The van der Waals surface area contributed by atoms with Gasteiger partial charge in [-0.15, -0.1) is 0 Å². The zero-order chi connectivity index (χ0) is 16.4. The highest BCUT2D eigenvalue weighted by atomic mass is 79.9. The van der Waals surface area contributed by atoms with Crippen LogP contribution in [0, 0.1) is 11.6 Å². The summed E-state index contributed by atoms with van der Waals surface area (Å²) in [6.45, 7) is 0. The van der Waals surface area contributed by atoms with Gasteiger partial charge in [0.2, 0.25) is 0 Å². The van der Waals surface area contributed by atoms with E-state index in [4.69, 9.17) is 23.2 Å². The lowest BCUT2D eigenvalue weighted by Crippen LogP contribution is -2.07. The van der Waals surface area contributed by atoms with Crippen LogP contribution in [0.3, 0.4) is 0 Å². The molecule has 0 amide bonds. The van der Waals surface area contributed by atoms with Gasteiger partial charge < -0.3 is 0 Å². The minimum absolute atomic E-state index is 0.0164. The second kappa shape index (κ2) is 7.39. The van der Waals surface area contributed by atoms with Gasteiger partial charge >= 0.3 is 0 Å². The van der Waals surface area contributed by atoms with Crippen molar-refractivity contribution in [3.8, 4) is 0 Å². The molecule has 0 aliphatic rings. The average Bonchev–Trinajstić information content (AvgIpc) is 2.48. The molecule has 0 heterocycles. The molecule has 2 aromatic carbocycles. The van der Waals surface area contributed by atoms with Crippen molar-refractivity contribution >= 4 is 60.8 Å². The fourth-order valence-corrected chi connectivity index (χ4v) is 3.97. The number of hydrogen-bond acceptors (Lipinski definition) is 1. The molecule has 0 saturated heterocycles. The number of rotatable bonds is 4. The Morgan fingerprint density at radius 3 is 1.55 bits per heavy atom. The maximum atomic E-state index is 13.6. The van der Waals surface area contributed by atoms with Crippen molar-refractivity contribution < 1.29 is 13.6 Å². The highest BCUT2D eigenvalue weighted by Crippen LogP contribution is 2.32. The lowest BCUT2D eigenvalue weighted by molar-refractivity contribution is 0.103. The largest absolute Gasteiger partial charge is 0.288 e. The number of benzene rings is 2. The minimum Gasteiger partial charge on any atom is -0.288 e. The van der Waals surface area contributed by atoms with Crippen LogP contribution in [0.5, 0.6) is 0 Å². The molecule has 0 bridgehead atoms. The third-order valence-electron chi connectivity index (χ3n) is 3.13. The summed E-state index contributed by atoms with van der Waals surface area (Å²) in [5.74, 6) is -1.51. The summed E-state index contributed by atoms with van der Waals surface area (Å²) >= 11 is 18.5. The highest BCUT2D eigenvalue weighted by molar-refractivity contribution is 9.08. The molecule has 0 saturated carbocycles. The van der Waals surface area contributed by atoms with Crippen molar-refractivity contribution in [2.75, 3.05) is 0 Å². The first kappa shape index (κ1) is 17.9. The van der Waals surface area contributed by atoms with Crippen molar-refractivity contribution in [3.63, 3.8) is 0 Å². The topological polar surface area (TPSA) is 17.1 Å². The summed E-state index contributed by atoms with van der Waals surface area (Å²) in [4.78, 5) is 12.6. The molecule has 0 aliphatic heterocycles. The summed E-state index contributed by atoms with van der Waals surface area (Å²) < 4.78 is 27.3. The standard InChI is InChI=1S/C15H8Br2Cl2F2O/c16-5-9-11(20)3-1-7(13(9)18)15(22)8-2-4-12(21)10(6-17)14(8)19/h1-4H,5-6H2. The molecule has 0 N–H and O–H groups in total. The van der Waals surface area contributed by atoms with Crippen molar-refractivity contribution in [3.05, 3.63) is 68.2 Å². The zero-order valence-electron chi connectivity index (χ0n) is 10.9. The molecule has 2 rings (SSSR count). The molecule has 0 spiro atoms. The van der Waals surface area contributed by atoms with E-state index in [0.29, 0.717) is 0 Å². The summed E-state index contributed by atoms with van der Waals surface area (Å²) in [6, 6.07) is 4.91. The Morgan fingerprint density at radius 2 is 1.23 bits per heavy atom. The average molecular weight is 473 g/mol. The van der Waals surface area contributed by atoms with Gasteiger partial charge in [-0.25, -0.2) is 8.78 Å². The van der Waals surface area contributed by atoms with E-state index in [0.717, 1.165) is 0 Å². The summed E-state index contributed by atoms with van der Waals surface area (Å²) in [5, 5.41) is 0.371. The Labute approximate surface area is 152 Å². The molecule has 0 fully saturated rings. The van der Waals surface area contributed by atoms with Crippen LogP contribution in [0.4, 0.5) is 8.78 Å². The fraction of sp³-hybridized carbons (Fsp3) is 0.133. The van der Waals surface area contributed by atoms with Gasteiger partial charge in [0, 0.05) is 32.9 Å². The van der Waals surface area contributed by atoms with Gasteiger partial charge in [0.1, 0.15) is 11.6 Å². The Morgan fingerprint density at radius 1 is 0.864 bits per heavy atom. The van der Waals surface area contributed by atoms with Crippen LogP contribution in [0.2, 0.25) is 10.0 Å². The van der Waals surface area contributed by atoms with E-state index in [-0.39, 0.29) is 43.0 Å². The Hall–Kier alpha value is -0.490. The van der Waals surface area contributed by atoms with Crippen molar-refractivity contribution in [2.45, 2.75) is 10.7 Å². The number of carbonyl (C=O) groups excluding carboxylic acids is 1. The van der Waals surface area contributed by atoms with E-state index in [1.807, 2.05) is 0 Å². The summed E-state index contributed by atoms with van der Waals surface area (Å²) in [6.07, 6.45) is 0. The third-order valence-corrected chi connectivity index (χ3v) is 5.11. The monoisotopic (exact) mass is 470 g/mol. The maximum Gasteiger partial charge on any atom is 0.196 e. The van der Waals surface area contributed by atoms with E-state index < -0.39 is 17.4 Å². The number of halogens is 6. The van der Waals surface area contributed by atoms with E-state index in [1.54, 1.807) is 0 Å². The maximum absolute atomic E-state index is 13.6. The van der Waals surface area contributed by atoms with Gasteiger partial charge in [-0.3, -0.25) is 4.79 Å². The van der Waals surface area contributed by atoms with Gasteiger partial charge in [-0.1, -0.05) is 55.1 Å². The highest BCUT2D eigenvalue weighted by Gasteiger charge is 2.22. The molecule has 0 atom stereocenters. The molecule has 0 aromatic heterocycles. The molecule has 2 aromatic rings. The first-order chi connectivity index (χ1) is 10.4. The second-order valence-corrected chi connectivity index (χ2v) is 6.25. The molecule has 22 heavy (non-hydrogen) atoms. The first-order valence-corrected chi connectivity index (χ1v) is 9.02. The van der Waals surface area contributed by atoms with Crippen LogP contribution in [0.25, 0.3) is 0 Å². The second-order valence-electron chi connectivity index (χ2n) is 4.37. The van der Waals surface area contributed by atoms with Crippen LogP contribution in [-0.4, -0.2) is 5.78 Å². The molecule has 7 heteroatoms. The molecular formula is C15H8Br2Cl2F2O. The van der Waals surface area contributed by atoms with Gasteiger partial charge in [0.15, 0.2) is 5.78 Å². The van der Waals surface area contributed by atoms with E-state index >= 15 is 0 Å². The van der Waals surface area contributed by atoms with Crippen LogP contribution < -0.4 is 0 Å². The fourth-order valence-electron chi connectivity index (χ4n) is 1.94. The van der Waals surface area contributed by atoms with Gasteiger partial charge in [0.25, 0.3) is 0 Å². The molecule has 0 aliphatic carbocycles. The molecule has 116 valence electrons. The molecule has 0 radical (unpaired) electrons. The predicted molar refractivity (Wildman–Crippen MR) is 91.5 cm³/mol. The molecular weight excluding hydrogens is 465 g/mol. The molecule has 1 nitrogen and oxygen atoms in total. The summed E-state index contributed by atoms with van der Waals surface area (Å²) in [7, 11) is 0. The SMILES string of the molecule is O=C(c1ccc(F)c(CBr)c1Cl)c1ccc(F)c(CBr)c1Cl. The molecule has 0 unspecified atom stereocenters. The van der Waals surface area contributed by atoms with Gasteiger partial charge in [-0.2, -0.15) is 0 Å². The van der Waals surface area contributed by atoms with Crippen molar-refractivity contribution in [1.29, 1.82) is 0 Å². The Kier molecular flexibility index (Phi) is 6.00. The number of hydrogen-bond donors (Lipinski definition) is 0. The van der Waals surface area contributed by atoms with Crippen LogP contribution in [0.1, 0.15) is 27.0 Å². The smallest absolute Gasteiger partial charge is 0.196 e. The van der Waals surface area contributed by atoms with E-state index in [2.05, 4.69) is 31.9 Å². The number of alkyl halides is 2. The van der Waals surface area contributed by atoms with Gasteiger partial charge in [0.05, 0.1) is 10.0 Å². The quantitative estimate of drug-likeness (QED) is 0.377. The first-order valence-electron chi connectivity index (χ1n) is 6.02. The lowest BCUT2D eigenvalue weighted by atomic mass is 9.99. The number of ketones is 1. The van der Waals surface area contributed by atoms with Crippen LogP contribution in [-0.2, 0) is 10.7 Å². The van der Waals surface area contributed by atoms with E-state index in [1.165, 1.54) is 24.3 Å². The van der Waals surface area contributed by atoms with Crippen molar-refractivity contribution in [2.24, 2.45) is 0 Å². The minimum atomic E-state index is -0.509. The Bertz CT molecular complexity index is 689. The van der Waals surface area contributed by atoms with Crippen LogP contribution >= 0.6 is 55.1 Å². The van der Waals surface area contributed by atoms with Crippen molar-refractivity contribution in [1.82, 2.24) is 0 Å². The van der Waals surface area contributed by atoms with E-state index in [9.17, 15) is 13.6 Å². The third kappa shape index (κ3) is 3.23. The van der Waals surface area contributed by atoms with Crippen LogP contribution in [0.15, 0.2) is 24.3 Å². The lowest BCUT2D eigenvalue weighted by Gasteiger charge is -2.11. The number of carbonyl (C=O) groups is 1. The predicted octanol–water partition coefficient (Wildman–Crippen LogP) is 6.29. The normalized spacial score (nSPS) is 10.8.